The summed E-state index contributed by atoms with van der Waals surface area (Å²) >= 11 is 0. The van der Waals surface area contributed by atoms with Crippen LogP contribution in [-0.4, -0.2) is 18.1 Å². The average Bonchev–Trinajstić information content (AvgIpc) is 2.57. The first-order valence-corrected chi connectivity index (χ1v) is 7.84. The fraction of sp³-hybridized carbons (Fsp3) is 0.333. The predicted molar refractivity (Wildman–Crippen MR) is 77.6 cm³/mol. The first-order chi connectivity index (χ1) is 9.25. The Balaban J connectivity index is 2.89. The van der Waals surface area contributed by atoms with Gasteiger partial charge in [-0.1, -0.05) is 32.0 Å². The number of hydrogen-bond donors (Lipinski definition) is 2. The first kappa shape index (κ1) is 15.0. The number of aliphatic hydroxyl groups excluding tert-OH is 1. The predicted octanol–water partition coefficient (Wildman–Crippen LogP) is 2.96. The SMILES string of the molecule is Cc1cc(S(=O)(=O)O)c2c(CO)ccc(C(C)C)cc1-2. The van der Waals surface area contributed by atoms with Gasteiger partial charge in [-0.15, -0.1) is 0 Å². The summed E-state index contributed by atoms with van der Waals surface area (Å²) in [5, 5.41) is 9.50. The summed E-state index contributed by atoms with van der Waals surface area (Å²) in [6.07, 6.45) is 0. The molecule has 4 nitrogen and oxygen atoms in total. The van der Waals surface area contributed by atoms with Crippen LogP contribution in [0.5, 0.6) is 0 Å². The second-order valence-corrected chi connectivity index (χ2v) is 6.66. The van der Waals surface area contributed by atoms with Crippen LogP contribution in [0.4, 0.5) is 0 Å². The van der Waals surface area contributed by atoms with Crippen LogP contribution >= 0.6 is 0 Å². The fourth-order valence-corrected chi connectivity index (χ4v) is 3.21. The molecule has 0 heterocycles. The minimum Gasteiger partial charge on any atom is -0.392 e. The maximum Gasteiger partial charge on any atom is 0.295 e. The van der Waals surface area contributed by atoms with Crippen LogP contribution in [0.3, 0.4) is 0 Å². The van der Waals surface area contributed by atoms with Crippen LogP contribution in [0.25, 0.3) is 11.1 Å². The van der Waals surface area contributed by atoms with E-state index in [9.17, 15) is 18.1 Å². The second kappa shape index (κ2) is 5.16. The summed E-state index contributed by atoms with van der Waals surface area (Å²) in [6.45, 7) is 5.60. The zero-order chi connectivity index (χ0) is 15.1. The highest BCUT2D eigenvalue weighted by atomic mass is 32.2. The smallest absolute Gasteiger partial charge is 0.295 e. The molecule has 0 amide bonds. The monoisotopic (exact) mass is 294 g/mol. The summed E-state index contributed by atoms with van der Waals surface area (Å²) in [5.41, 5.74) is 3.45. The highest BCUT2D eigenvalue weighted by Crippen LogP contribution is 2.38. The lowest BCUT2D eigenvalue weighted by Gasteiger charge is -2.05. The molecule has 0 saturated heterocycles. The van der Waals surface area contributed by atoms with Crippen molar-refractivity contribution in [3.05, 3.63) is 41.0 Å². The van der Waals surface area contributed by atoms with Crippen LogP contribution in [-0.2, 0) is 16.7 Å². The van der Waals surface area contributed by atoms with E-state index >= 15 is 0 Å². The molecule has 0 bridgehead atoms. The van der Waals surface area contributed by atoms with Gasteiger partial charge in [-0.3, -0.25) is 4.55 Å². The van der Waals surface area contributed by atoms with Gasteiger partial charge in [-0.25, -0.2) is 0 Å². The molecule has 0 aromatic heterocycles. The third-order valence-electron chi connectivity index (χ3n) is 3.51. The van der Waals surface area contributed by atoms with Crippen molar-refractivity contribution in [3.63, 3.8) is 0 Å². The van der Waals surface area contributed by atoms with Crippen LogP contribution in [0.15, 0.2) is 29.2 Å². The van der Waals surface area contributed by atoms with Crippen LogP contribution < -0.4 is 0 Å². The van der Waals surface area contributed by atoms with Gasteiger partial charge in [-0.05, 0) is 41.2 Å². The van der Waals surface area contributed by atoms with Gasteiger partial charge in [0, 0.05) is 5.56 Å². The molecule has 2 rings (SSSR count). The zero-order valence-electron chi connectivity index (χ0n) is 11.7. The molecule has 0 radical (unpaired) electrons. The maximum atomic E-state index is 11.5. The Labute approximate surface area is 119 Å². The molecule has 0 aromatic rings. The van der Waals surface area contributed by atoms with Gasteiger partial charge >= 0.3 is 0 Å². The minimum atomic E-state index is -4.32. The van der Waals surface area contributed by atoms with Gasteiger partial charge in [0.15, 0.2) is 0 Å². The molecular weight excluding hydrogens is 276 g/mol. The topological polar surface area (TPSA) is 74.6 Å². The van der Waals surface area contributed by atoms with Gasteiger partial charge in [0.05, 0.1) is 6.61 Å². The first-order valence-electron chi connectivity index (χ1n) is 6.40. The summed E-state index contributed by atoms with van der Waals surface area (Å²) in [4.78, 5) is -0.139. The quantitative estimate of drug-likeness (QED) is 0.853. The normalized spacial score (nSPS) is 12.3. The number of aryl methyl sites for hydroxylation is 1. The van der Waals surface area contributed by atoms with Crippen molar-refractivity contribution < 1.29 is 18.1 Å². The van der Waals surface area contributed by atoms with Crippen molar-refractivity contribution in [3.8, 4) is 11.1 Å². The van der Waals surface area contributed by atoms with Gasteiger partial charge in [0.1, 0.15) is 4.90 Å². The van der Waals surface area contributed by atoms with Gasteiger partial charge in [0.25, 0.3) is 10.1 Å². The van der Waals surface area contributed by atoms with Crippen molar-refractivity contribution in [1.29, 1.82) is 0 Å². The summed E-state index contributed by atoms with van der Waals surface area (Å²) in [6, 6.07) is 6.96. The zero-order valence-corrected chi connectivity index (χ0v) is 12.5. The van der Waals surface area contributed by atoms with E-state index in [2.05, 4.69) is 0 Å². The molecule has 20 heavy (non-hydrogen) atoms. The summed E-state index contributed by atoms with van der Waals surface area (Å²) < 4.78 is 32.4. The fourth-order valence-electron chi connectivity index (χ4n) is 2.38. The van der Waals surface area contributed by atoms with E-state index in [-0.39, 0.29) is 17.4 Å². The molecule has 2 aliphatic rings. The molecule has 0 aliphatic heterocycles. The van der Waals surface area contributed by atoms with E-state index in [0.29, 0.717) is 11.1 Å². The number of rotatable bonds is 3. The Hall–Kier alpha value is -1.43. The highest BCUT2D eigenvalue weighted by Gasteiger charge is 2.24. The van der Waals surface area contributed by atoms with E-state index in [0.717, 1.165) is 16.7 Å². The molecule has 2 aliphatic carbocycles. The van der Waals surface area contributed by atoms with E-state index in [1.54, 1.807) is 13.0 Å². The molecule has 0 unspecified atom stereocenters. The lowest BCUT2D eigenvalue weighted by Crippen LogP contribution is -1.99. The van der Waals surface area contributed by atoms with Crippen molar-refractivity contribution in [1.82, 2.24) is 0 Å². The third-order valence-corrected chi connectivity index (χ3v) is 4.39. The highest BCUT2D eigenvalue weighted by molar-refractivity contribution is 7.86. The number of fused-ring (bicyclic) bond motifs is 1. The average molecular weight is 294 g/mol. The Morgan fingerprint density at radius 2 is 1.85 bits per heavy atom. The lowest BCUT2D eigenvalue weighted by molar-refractivity contribution is 0.282. The Morgan fingerprint density at radius 1 is 1.20 bits per heavy atom. The van der Waals surface area contributed by atoms with Crippen molar-refractivity contribution in [2.24, 2.45) is 0 Å². The Bertz CT molecular complexity index is 717. The van der Waals surface area contributed by atoms with E-state index in [4.69, 9.17) is 0 Å². The molecule has 0 spiro atoms. The van der Waals surface area contributed by atoms with E-state index < -0.39 is 10.1 Å². The second-order valence-electron chi connectivity index (χ2n) is 5.27. The Morgan fingerprint density at radius 3 is 2.35 bits per heavy atom. The molecule has 108 valence electrons. The Kier molecular flexibility index (Phi) is 3.86. The minimum absolute atomic E-state index is 0.139. The maximum absolute atomic E-state index is 11.5. The molecule has 0 aromatic carbocycles. The number of aliphatic hydroxyl groups is 1. The van der Waals surface area contributed by atoms with E-state index in [1.807, 2.05) is 26.0 Å². The summed E-state index contributed by atoms with van der Waals surface area (Å²) in [7, 11) is -4.32. The molecule has 0 saturated carbocycles. The van der Waals surface area contributed by atoms with Crippen LogP contribution in [0.2, 0.25) is 0 Å². The van der Waals surface area contributed by atoms with E-state index in [1.165, 1.54) is 6.07 Å². The summed E-state index contributed by atoms with van der Waals surface area (Å²) in [5.74, 6) is 0.278. The van der Waals surface area contributed by atoms with Crippen LogP contribution in [0, 0.1) is 6.92 Å². The lowest BCUT2D eigenvalue weighted by atomic mass is 10.0. The van der Waals surface area contributed by atoms with Gasteiger partial charge in [0.2, 0.25) is 0 Å². The van der Waals surface area contributed by atoms with Gasteiger partial charge < -0.3 is 5.11 Å². The molecular formula is C15H18O4S. The third kappa shape index (κ3) is 2.57. The standard InChI is InChI=1S/C15H18O4S/c1-9(2)11-4-5-12(8-16)15-13(7-11)10(3)6-14(15)20(17,18)19/h4-7,9,16H,8H2,1-3H3,(H,17,18,19). The van der Waals surface area contributed by atoms with Crippen molar-refractivity contribution in [2.75, 3.05) is 0 Å². The molecule has 5 heteroatoms. The molecule has 2 N–H and O–H groups in total. The van der Waals surface area contributed by atoms with Gasteiger partial charge in [-0.2, -0.15) is 8.42 Å². The largest absolute Gasteiger partial charge is 0.392 e. The molecule has 0 atom stereocenters. The molecule has 0 fully saturated rings. The number of hydrogen-bond acceptors (Lipinski definition) is 3. The van der Waals surface area contributed by atoms with Crippen molar-refractivity contribution >= 4 is 10.1 Å². The van der Waals surface area contributed by atoms with Crippen molar-refractivity contribution in [2.45, 2.75) is 38.2 Å². The van der Waals surface area contributed by atoms with Crippen LogP contribution in [0.1, 0.15) is 36.5 Å².